The maximum Gasteiger partial charge on any atom is 0.321 e. The number of carbonyl (C=O) groups is 1. The predicted molar refractivity (Wildman–Crippen MR) is 54.3 cm³/mol. The summed E-state index contributed by atoms with van der Waals surface area (Å²) in [6.07, 6.45) is 1.41. The van der Waals surface area contributed by atoms with Crippen LogP contribution in [0.15, 0.2) is 6.33 Å². The highest BCUT2D eigenvalue weighted by Crippen LogP contribution is 2.24. The van der Waals surface area contributed by atoms with E-state index >= 15 is 0 Å². The van der Waals surface area contributed by atoms with Crippen LogP contribution < -0.4 is 5.73 Å². The molecule has 1 heterocycles. The van der Waals surface area contributed by atoms with Crippen molar-refractivity contribution in [3.63, 3.8) is 0 Å². The van der Waals surface area contributed by atoms with Crippen LogP contribution in [0.5, 0.6) is 0 Å². The largest absolute Gasteiger partial charge is 0.480 e. The van der Waals surface area contributed by atoms with Crippen molar-refractivity contribution in [3.8, 4) is 0 Å². The Morgan fingerprint density at radius 3 is 2.80 bits per heavy atom. The molecule has 3 N–H and O–H groups in total. The molecule has 6 heteroatoms. The summed E-state index contributed by atoms with van der Waals surface area (Å²) in [5.74, 6) is -0.439. The molecule has 0 aliphatic rings. The van der Waals surface area contributed by atoms with Crippen LogP contribution in [0.3, 0.4) is 0 Å². The molecule has 0 bridgehead atoms. The standard InChI is InChI=1S/C9H16N4O2/c1-4-13-8(11-5-12-13)9(2,3)6(10)7(14)15/h5-6H,4,10H2,1-3H3,(H,14,15). The van der Waals surface area contributed by atoms with Crippen LogP contribution in [0.4, 0.5) is 0 Å². The van der Waals surface area contributed by atoms with Crippen LogP contribution in [0.25, 0.3) is 0 Å². The van der Waals surface area contributed by atoms with Gasteiger partial charge in [-0.05, 0) is 6.92 Å². The number of carboxylic acid groups (broad SMARTS) is 1. The molecule has 6 nitrogen and oxygen atoms in total. The van der Waals surface area contributed by atoms with E-state index in [4.69, 9.17) is 10.8 Å². The first-order valence-electron chi connectivity index (χ1n) is 4.78. The molecular weight excluding hydrogens is 196 g/mol. The third kappa shape index (κ3) is 1.99. The quantitative estimate of drug-likeness (QED) is 0.732. The molecule has 0 fully saturated rings. The summed E-state index contributed by atoms with van der Waals surface area (Å²) in [6, 6.07) is -0.994. The van der Waals surface area contributed by atoms with Gasteiger partial charge in [0, 0.05) is 6.54 Å². The van der Waals surface area contributed by atoms with E-state index in [-0.39, 0.29) is 0 Å². The van der Waals surface area contributed by atoms with E-state index in [1.54, 1.807) is 18.5 Å². The van der Waals surface area contributed by atoms with Crippen LogP contribution in [-0.4, -0.2) is 31.9 Å². The van der Waals surface area contributed by atoms with E-state index in [1.807, 2.05) is 6.92 Å². The topological polar surface area (TPSA) is 94.0 Å². The van der Waals surface area contributed by atoms with E-state index in [0.717, 1.165) is 0 Å². The van der Waals surface area contributed by atoms with E-state index in [2.05, 4.69) is 10.1 Å². The second-order valence-electron chi connectivity index (χ2n) is 3.94. The first-order chi connectivity index (χ1) is 6.91. The number of hydrogen-bond acceptors (Lipinski definition) is 4. The summed E-state index contributed by atoms with van der Waals surface area (Å²) in [6.45, 7) is 6.07. The molecular formula is C9H16N4O2. The molecule has 0 aliphatic carbocycles. The lowest BCUT2D eigenvalue weighted by atomic mass is 9.84. The lowest BCUT2D eigenvalue weighted by molar-refractivity contribution is -0.140. The minimum Gasteiger partial charge on any atom is -0.480 e. The molecule has 0 saturated heterocycles. The molecule has 84 valence electrons. The van der Waals surface area contributed by atoms with Gasteiger partial charge in [-0.15, -0.1) is 0 Å². The van der Waals surface area contributed by atoms with E-state index < -0.39 is 17.4 Å². The summed E-state index contributed by atoms with van der Waals surface area (Å²) >= 11 is 0. The van der Waals surface area contributed by atoms with Crippen molar-refractivity contribution < 1.29 is 9.90 Å². The fourth-order valence-electron chi connectivity index (χ4n) is 1.44. The Kier molecular flexibility index (Phi) is 3.09. The van der Waals surface area contributed by atoms with Crippen LogP contribution in [0.1, 0.15) is 26.6 Å². The van der Waals surface area contributed by atoms with Gasteiger partial charge >= 0.3 is 5.97 Å². The molecule has 15 heavy (non-hydrogen) atoms. The highest BCUT2D eigenvalue weighted by Gasteiger charge is 2.37. The second-order valence-corrected chi connectivity index (χ2v) is 3.94. The average Bonchev–Trinajstić information content (AvgIpc) is 2.64. The van der Waals surface area contributed by atoms with Crippen molar-refractivity contribution >= 4 is 5.97 Å². The first-order valence-corrected chi connectivity index (χ1v) is 4.78. The molecule has 0 spiro atoms. The van der Waals surface area contributed by atoms with Gasteiger partial charge in [0.1, 0.15) is 18.2 Å². The highest BCUT2D eigenvalue weighted by molar-refractivity contribution is 5.75. The molecule has 0 amide bonds. The van der Waals surface area contributed by atoms with Gasteiger partial charge in [0.15, 0.2) is 0 Å². The van der Waals surface area contributed by atoms with Crippen molar-refractivity contribution in [2.75, 3.05) is 0 Å². The van der Waals surface area contributed by atoms with E-state index in [0.29, 0.717) is 12.4 Å². The van der Waals surface area contributed by atoms with Gasteiger partial charge in [0.25, 0.3) is 0 Å². The van der Waals surface area contributed by atoms with Gasteiger partial charge in [0.2, 0.25) is 0 Å². The molecule has 1 aromatic rings. The van der Waals surface area contributed by atoms with Gasteiger partial charge in [-0.2, -0.15) is 5.10 Å². The molecule has 1 aromatic heterocycles. The Labute approximate surface area is 88.1 Å². The van der Waals surface area contributed by atoms with Crippen molar-refractivity contribution in [3.05, 3.63) is 12.2 Å². The van der Waals surface area contributed by atoms with Crippen molar-refractivity contribution in [2.24, 2.45) is 5.73 Å². The van der Waals surface area contributed by atoms with Gasteiger partial charge in [0.05, 0.1) is 5.41 Å². The maximum absolute atomic E-state index is 10.9. The number of aliphatic carboxylic acids is 1. The minimum atomic E-state index is -1.04. The van der Waals surface area contributed by atoms with Gasteiger partial charge < -0.3 is 10.8 Å². The molecule has 1 rings (SSSR count). The number of carboxylic acids is 1. The highest BCUT2D eigenvalue weighted by atomic mass is 16.4. The fourth-order valence-corrected chi connectivity index (χ4v) is 1.44. The Morgan fingerprint density at radius 2 is 2.33 bits per heavy atom. The summed E-state index contributed by atoms with van der Waals surface area (Å²) in [5.41, 5.74) is 4.89. The van der Waals surface area contributed by atoms with Gasteiger partial charge in [-0.1, -0.05) is 13.8 Å². The van der Waals surface area contributed by atoms with Crippen molar-refractivity contribution in [1.29, 1.82) is 0 Å². The summed E-state index contributed by atoms with van der Waals surface area (Å²) in [7, 11) is 0. The van der Waals surface area contributed by atoms with Crippen LogP contribution in [0, 0.1) is 0 Å². The third-order valence-corrected chi connectivity index (χ3v) is 2.53. The summed E-state index contributed by atoms with van der Waals surface area (Å²) in [4.78, 5) is 14.9. The average molecular weight is 212 g/mol. The van der Waals surface area contributed by atoms with Gasteiger partial charge in [-0.25, -0.2) is 9.67 Å². The fraction of sp³-hybridized carbons (Fsp3) is 0.667. The summed E-state index contributed by atoms with van der Waals surface area (Å²) in [5, 5.41) is 12.9. The second kappa shape index (κ2) is 3.98. The van der Waals surface area contributed by atoms with Crippen LogP contribution in [-0.2, 0) is 16.8 Å². The number of nitrogens with two attached hydrogens (primary N) is 1. The number of nitrogens with zero attached hydrogens (tertiary/aromatic N) is 3. The predicted octanol–water partition coefficient (Wildman–Crippen LogP) is -0.0125. The molecule has 0 aromatic carbocycles. The maximum atomic E-state index is 10.9. The third-order valence-electron chi connectivity index (χ3n) is 2.53. The zero-order chi connectivity index (χ0) is 11.6. The lowest BCUT2D eigenvalue weighted by Crippen LogP contribution is -2.48. The van der Waals surface area contributed by atoms with E-state index in [9.17, 15) is 4.79 Å². The van der Waals surface area contributed by atoms with Gasteiger partial charge in [-0.3, -0.25) is 4.79 Å². The molecule has 1 unspecified atom stereocenters. The van der Waals surface area contributed by atoms with E-state index in [1.165, 1.54) is 6.33 Å². The Balaban J connectivity index is 3.10. The van der Waals surface area contributed by atoms with Crippen LogP contribution >= 0.6 is 0 Å². The molecule has 1 atom stereocenters. The van der Waals surface area contributed by atoms with Crippen LogP contribution in [0.2, 0.25) is 0 Å². The Hall–Kier alpha value is -1.43. The zero-order valence-electron chi connectivity index (χ0n) is 9.14. The number of rotatable bonds is 4. The smallest absolute Gasteiger partial charge is 0.321 e. The summed E-state index contributed by atoms with van der Waals surface area (Å²) < 4.78 is 1.66. The molecule has 0 aliphatic heterocycles. The number of hydrogen-bond donors (Lipinski definition) is 2. The monoisotopic (exact) mass is 212 g/mol. The molecule has 0 radical (unpaired) electrons. The Morgan fingerprint density at radius 1 is 1.73 bits per heavy atom. The SMILES string of the molecule is CCn1ncnc1C(C)(C)C(N)C(=O)O. The number of aromatic nitrogens is 3. The minimum absolute atomic E-state index is 0.597. The number of aryl methyl sites for hydroxylation is 1. The molecule has 0 saturated carbocycles. The lowest BCUT2D eigenvalue weighted by Gasteiger charge is -2.27. The normalized spacial score (nSPS) is 13.9. The zero-order valence-corrected chi connectivity index (χ0v) is 9.14. The first kappa shape index (κ1) is 11.6. The Bertz CT molecular complexity index is 359. The van der Waals surface area contributed by atoms with Crippen molar-refractivity contribution in [2.45, 2.75) is 38.8 Å². The van der Waals surface area contributed by atoms with Crippen molar-refractivity contribution in [1.82, 2.24) is 14.8 Å².